The van der Waals surface area contributed by atoms with Crippen LogP contribution in [-0.2, 0) is 0 Å². The minimum absolute atomic E-state index is 0.0326. The number of nitrogens with zero attached hydrogens (tertiary/aromatic N) is 3. The van der Waals surface area contributed by atoms with Crippen LogP contribution in [0.1, 0.15) is 31.9 Å². The molecule has 17 heavy (non-hydrogen) atoms. The molecule has 0 aliphatic rings. The third kappa shape index (κ3) is 3.94. The van der Waals surface area contributed by atoms with Crippen LogP contribution in [0.25, 0.3) is 0 Å². The molecule has 1 aromatic heterocycles. The summed E-state index contributed by atoms with van der Waals surface area (Å²) in [6, 6.07) is 3.67. The van der Waals surface area contributed by atoms with Gasteiger partial charge in [0.2, 0.25) is 0 Å². The van der Waals surface area contributed by atoms with Crippen molar-refractivity contribution in [1.29, 1.82) is 0 Å². The third-order valence-electron chi connectivity index (χ3n) is 2.66. The molecule has 0 unspecified atom stereocenters. The summed E-state index contributed by atoms with van der Waals surface area (Å²) < 4.78 is 0. The van der Waals surface area contributed by atoms with Gasteiger partial charge in [-0.15, -0.1) is 0 Å². The second kappa shape index (κ2) is 6.73. The Kier molecular flexibility index (Phi) is 5.26. The molecule has 0 aromatic carbocycles. The van der Waals surface area contributed by atoms with Crippen LogP contribution in [0, 0.1) is 0 Å². The molecule has 0 saturated carbocycles. The molecule has 0 amide bonds. The fourth-order valence-corrected chi connectivity index (χ4v) is 1.54. The fraction of sp³-hybridized carbons (Fsp3) is 0.500. The molecule has 5 heteroatoms. The van der Waals surface area contributed by atoms with E-state index in [0.29, 0.717) is 5.69 Å². The van der Waals surface area contributed by atoms with E-state index >= 15 is 0 Å². The average molecular weight is 236 g/mol. The number of hydrogen-bond donors (Lipinski definition) is 2. The van der Waals surface area contributed by atoms with Crippen LogP contribution in [0.5, 0.6) is 0 Å². The Hall–Kier alpha value is -1.78. The predicted molar refractivity (Wildman–Crippen MR) is 69.5 cm³/mol. The normalized spacial score (nSPS) is 11.5. The van der Waals surface area contributed by atoms with Crippen molar-refractivity contribution in [3.05, 3.63) is 24.0 Å². The van der Waals surface area contributed by atoms with Crippen LogP contribution in [-0.4, -0.2) is 29.6 Å². The summed E-state index contributed by atoms with van der Waals surface area (Å²) in [4.78, 5) is 6.29. The van der Waals surface area contributed by atoms with Crippen LogP contribution in [0.2, 0.25) is 0 Å². The van der Waals surface area contributed by atoms with Gasteiger partial charge in [-0.25, -0.2) is 0 Å². The standard InChI is InChI=1S/C12H20N4O/c1-3-4-5-8-16(2)10-6-7-11(14-9-10)12(13)15-17/h6-7,9,17H,3-5,8H2,1-2H3,(H2,13,15). The molecule has 1 heterocycles. The van der Waals surface area contributed by atoms with E-state index in [-0.39, 0.29) is 5.84 Å². The number of rotatable bonds is 6. The zero-order valence-electron chi connectivity index (χ0n) is 10.4. The van der Waals surface area contributed by atoms with Crippen LogP contribution >= 0.6 is 0 Å². The lowest BCUT2D eigenvalue weighted by atomic mass is 10.2. The van der Waals surface area contributed by atoms with E-state index in [0.717, 1.165) is 12.2 Å². The number of unbranched alkanes of at least 4 members (excludes halogenated alkanes) is 2. The summed E-state index contributed by atoms with van der Waals surface area (Å²) >= 11 is 0. The molecule has 3 N–H and O–H groups in total. The van der Waals surface area contributed by atoms with E-state index < -0.39 is 0 Å². The molecule has 94 valence electrons. The summed E-state index contributed by atoms with van der Waals surface area (Å²) in [6.07, 6.45) is 5.36. The van der Waals surface area contributed by atoms with Gasteiger partial charge >= 0.3 is 0 Å². The first-order valence-corrected chi connectivity index (χ1v) is 5.84. The summed E-state index contributed by atoms with van der Waals surface area (Å²) in [5.41, 5.74) is 6.96. The van der Waals surface area contributed by atoms with Crippen molar-refractivity contribution in [1.82, 2.24) is 4.98 Å². The molecule has 0 aliphatic carbocycles. The summed E-state index contributed by atoms with van der Waals surface area (Å²) in [5, 5.41) is 11.4. The molecule has 1 aromatic rings. The maximum absolute atomic E-state index is 8.52. The van der Waals surface area contributed by atoms with Gasteiger partial charge in [-0.2, -0.15) is 0 Å². The highest BCUT2D eigenvalue weighted by Gasteiger charge is 2.03. The number of pyridine rings is 1. The van der Waals surface area contributed by atoms with Gasteiger partial charge in [-0.1, -0.05) is 24.9 Å². The molecule has 0 aliphatic heterocycles. The minimum Gasteiger partial charge on any atom is -0.409 e. The molecular weight excluding hydrogens is 216 g/mol. The Labute approximate surface area is 102 Å². The highest BCUT2D eigenvalue weighted by atomic mass is 16.4. The quantitative estimate of drug-likeness (QED) is 0.260. The number of amidine groups is 1. The van der Waals surface area contributed by atoms with Crippen LogP contribution in [0.15, 0.2) is 23.5 Å². The molecule has 1 rings (SSSR count). The first kappa shape index (κ1) is 13.3. The van der Waals surface area contributed by atoms with Gasteiger partial charge in [-0.3, -0.25) is 4.98 Å². The minimum atomic E-state index is 0.0326. The maximum atomic E-state index is 8.52. The van der Waals surface area contributed by atoms with Gasteiger partial charge in [0, 0.05) is 13.6 Å². The van der Waals surface area contributed by atoms with Crippen molar-refractivity contribution in [2.75, 3.05) is 18.5 Å². The van der Waals surface area contributed by atoms with Gasteiger partial charge in [0.1, 0.15) is 5.69 Å². The molecule has 0 atom stereocenters. The second-order valence-corrected chi connectivity index (χ2v) is 4.02. The highest BCUT2D eigenvalue weighted by molar-refractivity contribution is 5.95. The topological polar surface area (TPSA) is 74.7 Å². The van der Waals surface area contributed by atoms with Crippen molar-refractivity contribution in [3.8, 4) is 0 Å². The van der Waals surface area contributed by atoms with E-state index in [4.69, 9.17) is 10.9 Å². The number of aromatic nitrogens is 1. The van der Waals surface area contributed by atoms with Gasteiger partial charge in [0.25, 0.3) is 0 Å². The lowest BCUT2D eigenvalue weighted by Crippen LogP contribution is -2.20. The summed E-state index contributed by atoms with van der Waals surface area (Å²) in [6.45, 7) is 3.20. The largest absolute Gasteiger partial charge is 0.409 e. The fourth-order valence-electron chi connectivity index (χ4n) is 1.54. The molecule has 0 fully saturated rings. The Balaban J connectivity index is 2.61. The van der Waals surface area contributed by atoms with E-state index in [1.807, 2.05) is 13.1 Å². The van der Waals surface area contributed by atoms with Crippen molar-refractivity contribution in [2.24, 2.45) is 10.9 Å². The molecule has 5 nitrogen and oxygen atoms in total. The zero-order valence-corrected chi connectivity index (χ0v) is 10.4. The number of hydrogen-bond acceptors (Lipinski definition) is 4. The molecule has 0 bridgehead atoms. The second-order valence-electron chi connectivity index (χ2n) is 4.02. The van der Waals surface area contributed by atoms with Gasteiger partial charge < -0.3 is 15.8 Å². The van der Waals surface area contributed by atoms with Crippen molar-refractivity contribution in [3.63, 3.8) is 0 Å². The third-order valence-corrected chi connectivity index (χ3v) is 2.66. The van der Waals surface area contributed by atoms with Crippen LogP contribution in [0.4, 0.5) is 5.69 Å². The summed E-state index contributed by atoms with van der Waals surface area (Å²) in [5.74, 6) is 0.0326. The van der Waals surface area contributed by atoms with Crippen LogP contribution < -0.4 is 10.6 Å². The first-order chi connectivity index (χ1) is 8.19. The molecular formula is C12H20N4O. The predicted octanol–water partition coefficient (Wildman–Crippen LogP) is 1.80. The Morgan fingerprint density at radius 1 is 1.47 bits per heavy atom. The molecule has 0 saturated heterocycles. The van der Waals surface area contributed by atoms with Crippen molar-refractivity contribution < 1.29 is 5.21 Å². The Bertz CT molecular complexity index is 361. The van der Waals surface area contributed by atoms with Crippen LogP contribution in [0.3, 0.4) is 0 Å². The van der Waals surface area contributed by atoms with Gasteiger partial charge in [0.05, 0.1) is 11.9 Å². The van der Waals surface area contributed by atoms with Crippen molar-refractivity contribution >= 4 is 11.5 Å². The van der Waals surface area contributed by atoms with E-state index in [2.05, 4.69) is 22.0 Å². The Morgan fingerprint density at radius 3 is 2.76 bits per heavy atom. The SMILES string of the molecule is CCCCCN(C)c1ccc(/C(N)=N/O)nc1. The zero-order chi connectivity index (χ0) is 12.7. The number of anilines is 1. The Morgan fingerprint density at radius 2 is 2.24 bits per heavy atom. The van der Waals surface area contributed by atoms with Gasteiger partial charge in [-0.05, 0) is 18.6 Å². The van der Waals surface area contributed by atoms with E-state index in [1.54, 1.807) is 12.3 Å². The number of nitrogens with two attached hydrogens (primary N) is 1. The van der Waals surface area contributed by atoms with E-state index in [1.165, 1.54) is 19.3 Å². The molecule has 0 radical (unpaired) electrons. The highest BCUT2D eigenvalue weighted by Crippen LogP contribution is 2.12. The molecule has 0 spiro atoms. The monoisotopic (exact) mass is 236 g/mol. The van der Waals surface area contributed by atoms with Gasteiger partial charge in [0.15, 0.2) is 5.84 Å². The van der Waals surface area contributed by atoms with Crippen molar-refractivity contribution in [2.45, 2.75) is 26.2 Å². The smallest absolute Gasteiger partial charge is 0.188 e. The average Bonchev–Trinajstić information content (AvgIpc) is 2.38. The van der Waals surface area contributed by atoms with E-state index in [9.17, 15) is 0 Å². The maximum Gasteiger partial charge on any atom is 0.188 e. The lowest BCUT2D eigenvalue weighted by Gasteiger charge is -2.18. The first-order valence-electron chi connectivity index (χ1n) is 5.84. The number of oxime groups is 1. The summed E-state index contributed by atoms with van der Waals surface area (Å²) in [7, 11) is 2.04. The lowest BCUT2D eigenvalue weighted by molar-refractivity contribution is 0.318.